The van der Waals surface area contributed by atoms with Crippen molar-refractivity contribution < 1.29 is 56.9 Å². The first-order valence-corrected chi connectivity index (χ1v) is 15.3. The molecule has 0 heterocycles. The van der Waals surface area contributed by atoms with Crippen LogP contribution in [0.2, 0.25) is 0 Å². The quantitative estimate of drug-likeness (QED) is 0.0980. The molecule has 36 heavy (non-hydrogen) atoms. The standard InChI is InChI=1S/C32H62N2.2HI/c1-7-33(8-2,9-3)29-21-17-13-15-19-23-31-25-27-32(28-26-31)24-20-16-14-18-22-30-34(10-4,11-5)12-6;;/h25-28H,7-24,29-30H2,1-6H3;2*1H/q+2;;/p-2. The van der Waals surface area contributed by atoms with E-state index in [9.17, 15) is 0 Å². The molecule has 214 valence electrons. The second-order valence-corrected chi connectivity index (χ2v) is 10.9. The summed E-state index contributed by atoms with van der Waals surface area (Å²) < 4.78 is 2.62. The normalized spacial score (nSPS) is 11.7. The summed E-state index contributed by atoms with van der Waals surface area (Å²) in [6.07, 6.45) is 16.4. The highest BCUT2D eigenvalue weighted by Gasteiger charge is 2.20. The fourth-order valence-corrected chi connectivity index (χ4v) is 5.78. The molecule has 0 saturated heterocycles. The number of hydrogen-bond acceptors (Lipinski definition) is 0. The monoisotopic (exact) mass is 728 g/mol. The molecule has 0 aliphatic rings. The molecule has 0 atom stereocenters. The molecule has 1 aromatic rings. The largest absolute Gasteiger partial charge is 1.00 e. The topological polar surface area (TPSA) is 0 Å². The van der Waals surface area contributed by atoms with Gasteiger partial charge >= 0.3 is 0 Å². The van der Waals surface area contributed by atoms with E-state index in [0.717, 1.165) is 0 Å². The first-order valence-electron chi connectivity index (χ1n) is 15.3. The van der Waals surface area contributed by atoms with Crippen LogP contribution >= 0.6 is 0 Å². The first kappa shape index (κ1) is 38.7. The summed E-state index contributed by atoms with van der Waals surface area (Å²) in [5.41, 5.74) is 3.07. The van der Waals surface area contributed by atoms with E-state index in [1.807, 2.05) is 0 Å². The fraction of sp³-hybridized carbons (Fsp3) is 0.812. The van der Waals surface area contributed by atoms with Crippen molar-refractivity contribution in [3.8, 4) is 0 Å². The first-order chi connectivity index (χ1) is 16.5. The third-order valence-electron chi connectivity index (χ3n) is 9.24. The lowest BCUT2D eigenvalue weighted by molar-refractivity contribution is -0.923. The number of hydrogen-bond donors (Lipinski definition) is 0. The lowest BCUT2D eigenvalue weighted by Gasteiger charge is -2.35. The van der Waals surface area contributed by atoms with E-state index in [2.05, 4.69) is 65.8 Å². The highest BCUT2D eigenvalue weighted by molar-refractivity contribution is 5.22. The van der Waals surface area contributed by atoms with Gasteiger partial charge in [0.15, 0.2) is 0 Å². The zero-order valence-corrected chi connectivity index (χ0v) is 29.4. The molecule has 0 aliphatic carbocycles. The van der Waals surface area contributed by atoms with Gasteiger partial charge in [0.1, 0.15) is 0 Å². The molecule has 4 heteroatoms. The van der Waals surface area contributed by atoms with Gasteiger partial charge in [0.25, 0.3) is 0 Å². The average Bonchev–Trinajstić information content (AvgIpc) is 2.89. The minimum atomic E-state index is 0. The highest BCUT2D eigenvalue weighted by atomic mass is 127. The Kier molecular flexibility index (Phi) is 25.3. The van der Waals surface area contributed by atoms with Crippen molar-refractivity contribution in [1.82, 2.24) is 0 Å². The van der Waals surface area contributed by atoms with Crippen molar-refractivity contribution in [2.75, 3.05) is 52.4 Å². The molecule has 1 aromatic carbocycles. The second kappa shape index (κ2) is 23.5. The Labute approximate surface area is 261 Å². The Morgan fingerprint density at radius 3 is 0.917 bits per heavy atom. The lowest BCUT2D eigenvalue weighted by atomic mass is 10.0. The van der Waals surface area contributed by atoms with Crippen LogP contribution in [0.4, 0.5) is 0 Å². The zero-order chi connectivity index (χ0) is 25.1. The number of halogens is 2. The molecule has 0 fully saturated rings. The molecule has 0 N–H and O–H groups in total. The van der Waals surface area contributed by atoms with Crippen LogP contribution < -0.4 is 48.0 Å². The van der Waals surface area contributed by atoms with Crippen molar-refractivity contribution in [3.63, 3.8) is 0 Å². The summed E-state index contributed by atoms with van der Waals surface area (Å²) >= 11 is 0. The van der Waals surface area contributed by atoms with E-state index in [1.165, 1.54) is 150 Å². The summed E-state index contributed by atoms with van der Waals surface area (Å²) in [5.74, 6) is 0. The van der Waals surface area contributed by atoms with Crippen molar-refractivity contribution in [2.45, 2.75) is 119 Å². The molecule has 2 nitrogen and oxygen atoms in total. The highest BCUT2D eigenvalue weighted by Crippen LogP contribution is 2.15. The zero-order valence-electron chi connectivity index (χ0n) is 25.1. The van der Waals surface area contributed by atoms with Crippen molar-refractivity contribution in [2.24, 2.45) is 0 Å². The Morgan fingerprint density at radius 2 is 0.639 bits per heavy atom. The maximum Gasteiger partial charge on any atom is 0.0786 e. The molecule has 0 aromatic heterocycles. The van der Waals surface area contributed by atoms with Gasteiger partial charge in [-0.15, -0.1) is 0 Å². The minimum Gasteiger partial charge on any atom is -1.00 e. The summed E-state index contributed by atoms with van der Waals surface area (Å²) in [6, 6.07) is 9.57. The van der Waals surface area contributed by atoms with Crippen LogP contribution in [-0.4, -0.2) is 61.3 Å². The van der Waals surface area contributed by atoms with Crippen molar-refractivity contribution in [1.29, 1.82) is 0 Å². The summed E-state index contributed by atoms with van der Waals surface area (Å²) in [5, 5.41) is 0. The van der Waals surface area contributed by atoms with E-state index < -0.39 is 0 Å². The van der Waals surface area contributed by atoms with Gasteiger partial charge in [0.05, 0.1) is 52.4 Å². The molecule has 0 amide bonds. The molecule has 0 radical (unpaired) electrons. The van der Waals surface area contributed by atoms with E-state index in [0.29, 0.717) is 0 Å². The predicted octanol–water partition coefficient (Wildman–Crippen LogP) is 2.43. The number of unbranched alkanes of at least 4 members (excludes halogenated alkanes) is 8. The number of quaternary nitrogens is 2. The molecule has 0 spiro atoms. The number of nitrogens with zero attached hydrogens (tertiary/aromatic N) is 2. The molecule has 0 saturated carbocycles. The molecular weight excluding hydrogens is 666 g/mol. The third-order valence-corrected chi connectivity index (χ3v) is 9.24. The van der Waals surface area contributed by atoms with Gasteiger partial charge in [0, 0.05) is 0 Å². The Morgan fingerprint density at radius 1 is 0.389 bits per heavy atom. The fourth-order valence-electron chi connectivity index (χ4n) is 5.78. The molecule has 1 rings (SSSR count). The Balaban J connectivity index is 0. The number of rotatable bonds is 22. The number of aryl methyl sites for hydroxylation is 2. The smallest absolute Gasteiger partial charge is 0.0786 e. The summed E-state index contributed by atoms with van der Waals surface area (Å²) in [7, 11) is 0. The summed E-state index contributed by atoms with van der Waals surface area (Å²) in [4.78, 5) is 0. The van der Waals surface area contributed by atoms with Crippen LogP contribution in [0.3, 0.4) is 0 Å². The number of benzene rings is 1. The Bertz CT molecular complexity index is 525. The van der Waals surface area contributed by atoms with Crippen LogP contribution in [0.15, 0.2) is 24.3 Å². The van der Waals surface area contributed by atoms with Crippen LogP contribution in [0.5, 0.6) is 0 Å². The molecule has 0 unspecified atom stereocenters. The van der Waals surface area contributed by atoms with Crippen LogP contribution in [0.1, 0.15) is 117 Å². The van der Waals surface area contributed by atoms with Gasteiger partial charge in [0.2, 0.25) is 0 Å². The van der Waals surface area contributed by atoms with E-state index in [-0.39, 0.29) is 48.0 Å². The SMILES string of the molecule is CC[N+](CC)(CC)CCCCCCCc1ccc(CCCCCCC[N+](CC)(CC)CC)cc1.[I-].[I-]. The molecule has 0 aliphatic heterocycles. The van der Waals surface area contributed by atoms with Crippen molar-refractivity contribution in [3.05, 3.63) is 35.4 Å². The lowest BCUT2D eigenvalue weighted by Crippen LogP contribution is -3.00. The van der Waals surface area contributed by atoms with E-state index in [4.69, 9.17) is 0 Å². The van der Waals surface area contributed by atoms with Gasteiger partial charge in [-0.05, 0) is 104 Å². The van der Waals surface area contributed by atoms with Crippen LogP contribution in [0.25, 0.3) is 0 Å². The van der Waals surface area contributed by atoms with Crippen molar-refractivity contribution >= 4 is 0 Å². The second-order valence-electron chi connectivity index (χ2n) is 10.9. The van der Waals surface area contributed by atoms with Gasteiger partial charge in [-0.2, -0.15) is 0 Å². The van der Waals surface area contributed by atoms with Gasteiger partial charge in [-0.3, -0.25) is 0 Å². The maximum absolute atomic E-state index is 2.39. The molecule has 0 bridgehead atoms. The van der Waals surface area contributed by atoms with E-state index >= 15 is 0 Å². The average molecular weight is 729 g/mol. The van der Waals surface area contributed by atoms with Crippen LogP contribution in [0, 0.1) is 0 Å². The van der Waals surface area contributed by atoms with Gasteiger partial charge in [-0.25, -0.2) is 0 Å². The van der Waals surface area contributed by atoms with Crippen LogP contribution in [-0.2, 0) is 12.8 Å². The van der Waals surface area contributed by atoms with E-state index in [1.54, 1.807) is 0 Å². The molecular formula is C32H62I2N2. The predicted molar refractivity (Wildman–Crippen MR) is 154 cm³/mol. The minimum absolute atomic E-state index is 0. The third kappa shape index (κ3) is 15.3. The van der Waals surface area contributed by atoms with Gasteiger partial charge in [-0.1, -0.05) is 49.9 Å². The Hall–Kier alpha value is 0.600. The maximum atomic E-state index is 2.39. The summed E-state index contributed by atoms with van der Waals surface area (Å²) in [6.45, 7) is 24.6. The van der Waals surface area contributed by atoms with Gasteiger partial charge < -0.3 is 56.9 Å².